The summed E-state index contributed by atoms with van der Waals surface area (Å²) < 4.78 is 128. The first kappa shape index (κ1) is 102. The Balaban J connectivity index is 0.000000173. The highest BCUT2D eigenvalue weighted by molar-refractivity contribution is 5.71. The number of H-pyrrole nitrogens is 1. The monoisotopic (exact) mass is 1840 g/mol. The lowest BCUT2D eigenvalue weighted by molar-refractivity contribution is 0.325. The SMILES string of the molecule is CCOc1cncc(-c2cc(F)ccc2C)n1.CCc1nc(-c2ccccc2C)cnc1N.CNc1ncc(-c2cc(F)ccc2C)nc1OC.CNc1ncc(-c2cc(F)ccc2C)nc1OC.COc1cncc(-c2cc(F)ccc2C)n1.COc1nc(-c2cc(F)ccc2C)cnc1N.COc1ncc(-c2cc(F)ccc2C)nc1OC.Cc1ccc(F)cc1-c1cncc(=O)[nH]1. The number of hydrogen-bond acceptors (Lipinski definition) is 27. The van der Waals surface area contributed by atoms with E-state index in [2.05, 4.69) is 109 Å². The van der Waals surface area contributed by atoms with Gasteiger partial charge in [0.2, 0.25) is 11.8 Å². The first-order valence-corrected chi connectivity index (χ1v) is 41.5. The van der Waals surface area contributed by atoms with E-state index in [9.17, 15) is 35.5 Å². The van der Waals surface area contributed by atoms with E-state index >= 15 is 0 Å². The summed E-state index contributed by atoms with van der Waals surface area (Å²) in [5, 5.41) is 5.76. The third-order valence-corrected chi connectivity index (χ3v) is 19.8. The van der Waals surface area contributed by atoms with Crippen LogP contribution in [0, 0.1) is 96.1 Å². The van der Waals surface area contributed by atoms with Crippen LogP contribution in [0.15, 0.2) is 225 Å². The number of aromatic nitrogens is 16. The van der Waals surface area contributed by atoms with Crippen LogP contribution in [-0.2, 0) is 6.42 Å². The number of methoxy groups -OCH3 is 6. The molecule has 35 heteroatoms. The minimum Gasteiger partial charge on any atom is -0.480 e. The zero-order valence-electron chi connectivity index (χ0n) is 77.5. The molecule has 16 aromatic rings. The maximum absolute atomic E-state index is 13.3. The first-order chi connectivity index (χ1) is 64.9. The normalized spacial score (nSPS) is 10.3. The van der Waals surface area contributed by atoms with Gasteiger partial charge in [0.25, 0.3) is 35.0 Å². The van der Waals surface area contributed by atoms with Crippen molar-refractivity contribution >= 4 is 23.3 Å². The Bertz CT molecular complexity index is 6520. The van der Waals surface area contributed by atoms with Gasteiger partial charge in [-0.2, -0.15) is 0 Å². The van der Waals surface area contributed by atoms with Crippen LogP contribution in [0.5, 0.6) is 41.2 Å². The molecular formula is C100H101F7N20O8. The van der Waals surface area contributed by atoms with Crippen molar-refractivity contribution in [2.45, 2.75) is 75.7 Å². The van der Waals surface area contributed by atoms with Gasteiger partial charge in [0.05, 0.1) is 169 Å². The van der Waals surface area contributed by atoms with Gasteiger partial charge in [0, 0.05) is 58.6 Å². The van der Waals surface area contributed by atoms with Gasteiger partial charge >= 0.3 is 0 Å². The second kappa shape index (κ2) is 50.1. The molecule has 698 valence electrons. The Labute approximate surface area is 776 Å². The predicted octanol–water partition coefficient (Wildman–Crippen LogP) is 20.1. The Hall–Kier alpha value is -16.5. The number of ether oxygens (including phenoxy) is 7. The van der Waals surface area contributed by atoms with E-state index in [1.54, 1.807) is 93.7 Å². The maximum Gasteiger partial charge on any atom is 0.278 e. The fourth-order valence-electron chi connectivity index (χ4n) is 12.6. The molecule has 0 bridgehead atoms. The van der Waals surface area contributed by atoms with Crippen molar-refractivity contribution in [3.05, 3.63) is 321 Å². The van der Waals surface area contributed by atoms with E-state index in [1.165, 1.54) is 164 Å². The molecule has 0 atom stereocenters. The van der Waals surface area contributed by atoms with Crippen molar-refractivity contribution < 1.29 is 63.9 Å². The number of benzene rings is 8. The highest BCUT2D eigenvalue weighted by Crippen LogP contribution is 2.34. The average Bonchev–Trinajstić information content (AvgIpc) is 0.818. The molecule has 135 heavy (non-hydrogen) atoms. The Morgan fingerprint density at radius 1 is 0.311 bits per heavy atom. The lowest BCUT2D eigenvalue weighted by Gasteiger charge is -2.09. The molecule has 16 rings (SSSR count). The molecule has 0 amide bonds. The van der Waals surface area contributed by atoms with Crippen LogP contribution in [-0.4, -0.2) is 143 Å². The molecule has 0 saturated heterocycles. The van der Waals surface area contributed by atoms with Crippen molar-refractivity contribution in [3.63, 3.8) is 0 Å². The molecular weight excluding hydrogens is 1740 g/mol. The molecule has 8 heterocycles. The fraction of sp³-hybridized carbons (Fsp3) is 0.200. The van der Waals surface area contributed by atoms with Crippen molar-refractivity contribution in [1.29, 1.82) is 0 Å². The van der Waals surface area contributed by atoms with Gasteiger partial charge in [-0.1, -0.05) is 73.7 Å². The van der Waals surface area contributed by atoms with Crippen molar-refractivity contribution in [2.24, 2.45) is 0 Å². The number of anilines is 4. The highest BCUT2D eigenvalue weighted by atomic mass is 19.2. The van der Waals surface area contributed by atoms with Crippen LogP contribution in [0.3, 0.4) is 0 Å². The molecule has 0 saturated carbocycles. The van der Waals surface area contributed by atoms with Gasteiger partial charge in [-0.25, -0.2) is 90.5 Å². The number of nitrogens with two attached hydrogens (primary N) is 2. The number of rotatable bonds is 19. The second-order valence-corrected chi connectivity index (χ2v) is 29.1. The molecule has 8 aromatic heterocycles. The van der Waals surface area contributed by atoms with E-state index in [4.69, 9.17) is 44.6 Å². The molecule has 0 aliphatic carbocycles. The van der Waals surface area contributed by atoms with Gasteiger partial charge in [-0.15, -0.1) is 0 Å². The zero-order chi connectivity index (χ0) is 98.0. The van der Waals surface area contributed by atoms with Crippen LogP contribution < -0.4 is 60.8 Å². The lowest BCUT2D eigenvalue weighted by Crippen LogP contribution is -2.06. The molecule has 28 nitrogen and oxygen atoms in total. The molecule has 0 radical (unpaired) electrons. The maximum atomic E-state index is 13.3. The third-order valence-electron chi connectivity index (χ3n) is 19.8. The summed E-state index contributed by atoms with van der Waals surface area (Å²) in [4.78, 5) is 76.2. The Morgan fingerprint density at radius 2 is 0.630 bits per heavy atom. The number of nitrogen functional groups attached to an aromatic ring is 2. The summed E-state index contributed by atoms with van der Waals surface area (Å²) in [5.41, 5.74) is 30.5. The van der Waals surface area contributed by atoms with Crippen LogP contribution in [0.4, 0.5) is 54.0 Å². The van der Waals surface area contributed by atoms with Crippen LogP contribution in [0.2, 0.25) is 0 Å². The van der Waals surface area contributed by atoms with E-state index in [-0.39, 0.29) is 63.9 Å². The second-order valence-electron chi connectivity index (χ2n) is 29.1. The van der Waals surface area contributed by atoms with Crippen molar-refractivity contribution in [2.75, 3.05) is 85.5 Å². The molecule has 0 aliphatic heterocycles. The molecule has 0 aliphatic rings. The lowest BCUT2D eigenvalue weighted by atomic mass is 10.1. The number of nitrogens with one attached hydrogen (secondary N) is 3. The fourth-order valence-corrected chi connectivity index (χ4v) is 12.6. The van der Waals surface area contributed by atoms with Gasteiger partial charge in [-0.05, 0) is 198 Å². The number of nitrogens with zero attached hydrogens (tertiary/aromatic N) is 15. The number of hydrogen-bond donors (Lipinski definition) is 5. The topological polar surface area (TPSA) is 367 Å². The Kier molecular flexibility index (Phi) is 37.9. The average molecular weight is 1840 g/mol. The third kappa shape index (κ3) is 28.8. The van der Waals surface area contributed by atoms with Gasteiger partial charge in [-0.3, -0.25) is 19.7 Å². The van der Waals surface area contributed by atoms with Crippen LogP contribution in [0.1, 0.15) is 64.0 Å². The van der Waals surface area contributed by atoms with Crippen molar-refractivity contribution in [1.82, 2.24) is 79.7 Å². The molecule has 0 unspecified atom stereocenters. The molecule has 0 spiro atoms. The summed E-state index contributed by atoms with van der Waals surface area (Å²) in [6, 6.07) is 39.9. The quantitative estimate of drug-likeness (QED) is 0.0469. The van der Waals surface area contributed by atoms with E-state index < -0.39 is 0 Å². The Morgan fingerprint density at radius 3 is 1.00 bits per heavy atom. The highest BCUT2D eigenvalue weighted by Gasteiger charge is 2.18. The molecule has 7 N–H and O–H groups in total. The van der Waals surface area contributed by atoms with Crippen molar-refractivity contribution in [3.8, 4) is 131 Å². The summed E-state index contributed by atoms with van der Waals surface area (Å²) in [7, 11) is 12.5. The van der Waals surface area contributed by atoms with Gasteiger partial charge in [0.1, 0.15) is 46.5 Å². The van der Waals surface area contributed by atoms with E-state index in [0.717, 1.165) is 73.4 Å². The summed E-state index contributed by atoms with van der Waals surface area (Å²) in [6.45, 7) is 19.7. The number of aryl methyl sites for hydroxylation is 9. The van der Waals surface area contributed by atoms with E-state index in [0.29, 0.717) is 121 Å². The number of aromatic amines is 1. The smallest absolute Gasteiger partial charge is 0.278 e. The first-order valence-electron chi connectivity index (χ1n) is 41.5. The molecule has 8 aromatic carbocycles. The molecule has 0 fully saturated rings. The zero-order valence-corrected chi connectivity index (χ0v) is 77.5. The summed E-state index contributed by atoms with van der Waals surface area (Å²) in [5.74, 6) is 2.18. The van der Waals surface area contributed by atoms with Crippen LogP contribution >= 0.6 is 0 Å². The van der Waals surface area contributed by atoms with Crippen LogP contribution in [0.25, 0.3) is 90.1 Å². The number of halogens is 7. The minimum atomic E-state index is -0.333. The van der Waals surface area contributed by atoms with Gasteiger partial charge < -0.3 is 60.2 Å². The van der Waals surface area contributed by atoms with Gasteiger partial charge in [0.15, 0.2) is 17.5 Å². The minimum absolute atomic E-state index is 0.213. The predicted molar refractivity (Wildman–Crippen MR) is 508 cm³/mol. The largest absolute Gasteiger partial charge is 0.480 e. The standard InChI is InChI=1S/2C13H14FN3O.C13H13FN2O2.C13H13FN2O.C13H15N3.C12H12FN3O.C12H11FN2O.C11H9FN2O/c2*1-8-4-5-9(14)6-10(8)11-7-16-12(15-2)13(17-11)18-3;1-8-4-5-9(14)6-10(8)11-7-15-12(17-2)13(16-11)18-3;1-3-17-13-8-15-7-12(16-13)11-6-10(14)5-4-9(11)2;1-3-11-13(14)15-8-12(16-11)10-7-5-4-6-9(10)2;1-7-3-4-8(13)5-9(7)10-6-15-11(14)12(16-10)17-2;1-8-3-4-9(13)5-10(8)11-6-14-7-12(15-11)16-2;1-7-2-3-8(12)4-9(7)10-5-13-6-11(15)14-10/h2*4-7H,1-3H3,(H,15,16);4-7H,1-3H3;4-8H,3H2,1-2H3;4-8H,3H2,1-2H3,(H2,14,15);3-6H,1-2H3,(H2,14,15);3-7H,1-2H3;2-6H,1H3,(H,14,15). The van der Waals surface area contributed by atoms with E-state index in [1.807, 2.05) is 74.4 Å². The summed E-state index contributed by atoms with van der Waals surface area (Å²) >= 11 is 0. The summed E-state index contributed by atoms with van der Waals surface area (Å²) in [6.07, 6.45) is 17.7.